The third kappa shape index (κ3) is 3.01. The summed E-state index contributed by atoms with van der Waals surface area (Å²) in [5.41, 5.74) is 1.43. The molecule has 4 rings (SSSR count). The Kier molecular flexibility index (Phi) is 3.98. The van der Waals surface area contributed by atoms with E-state index >= 15 is 0 Å². The number of fused-ring (bicyclic) bond motifs is 1. The van der Waals surface area contributed by atoms with Gasteiger partial charge < -0.3 is 4.40 Å². The number of pyridine rings is 1. The molecule has 4 aromatic rings. The predicted molar refractivity (Wildman–Crippen MR) is 97.1 cm³/mol. The van der Waals surface area contributed by atoms with Crippen molar-refractivity contribution in [1.29, 1.82) is 0 Å². The molecule has 3 aromatic heterocycles. The molecular formula is C17H14N4O2S2. The molecule has 0 radical (unpaired) electrons. The summed E-state index contributed by atoms with van der Waals surface area (Å²) < 4.78 is 29.4. The normalized spacial score (nSPS) is 11.7. The van der Waals surface area contributed by atoms with Crippen LogP contribution in [-0.4, -0.2) is 22.8 Å². The average molecular weight is 370 g/mol. The molecule has 0 unspecified atom stereocenters. The highest BCUT2D eigenvalue weighted by molar-refractivity contribution is 7.93. The summed E-state index contributed by atoms with van der Waals surface area (Å²) >= 11 is 1.28. The Morgan fingerprint density at radius 3 is 2.60 bits per heavy atom. The van der Waals surface area contributed by atoms with Gasteiger partial charge in [0.1, 0.15) is 5.65 Å². The minimum atomic E-state index is -3.73. The minimum Gasteiger partial charge on any atom is -0.307 e. The number of anilines is 1. The van der Waals surface area contributed by atoms with Gasteiger partial charge in [0, 0.05) is 24.0 Å². The van der Waals surface area contributed by atoms with Gasteiger partial charge in [-0.3, -0.25) is 0 Å². The number of sulfonamides is 1. The molecule has 0 fully saturated rings. The molecule has 0 saturated heterocycles. The highest BCUT2D eigenvalue weighted by Gasteiger charge is 2.27. The highest BCUT2D eigenvalue weighted by atomic mass is 32.2. The molecule has 0 saturated carbocycles. The van der Waals surface area contributed by atoms with E-state index in [0.717, 1.165) is 5.65 Å². The van der Waals surface area contributed by atoms with E-state index in [4.69, 9.17) is 0 Å². The Morgan fingerprint density at radius 1 is 1.08 bits per heavy atom. The van der Waals surface area contributed by atoms with Crippen molar-refractivity contribution in [2.75, 3.05) is 4.31 Å². The first kappa shape index (κ1) is 15.8. The van der Waals surface area contributed by atoms with E-state index in [2.05, 4.69) is 9.97 Å². The number of hydrogen-bond donors (Lipinski definition) is 0. The largest absolute Gasteiger partial charge is 0.307 e. The van der Waals surface area contributed by atoms with Crippen molar-refractivity contribution < 1.29 is 8.42 Å². The van der Waals surface area contributed by atoms with Gasteiger partial charge in [0.05, 0.1) is 17.1 Å². The quantitative estimate of drug-likeness (QED) is 0.541. The molecule has 1 aromatic carbocycles. The Morgan fingerprint density at radius 2 is 1.88 bits per heavy atom. The lowest BCUT2D eigenvalue weighted by atomic mass is 10.4. The molecule has 0 aliphatic rings. The number of thiazole rings is 1. The molecule has 0 spiro atoms. The summed E-state index contributed by atoms with van der Waals surface area (Å²) in [6, 6.07) is 14.0. The van der Waals surface area contributed by atoms with E-state index in [1.165, 1.54) is 15.6 Å². The van der Waals surface area contributed by atoms with E-state index in [0.29, 0.717) is 10.8 Å². The lowest BCUT2D eigenvalue weighted by molar-refractivity contribution is 0.590. The number of aromatic nitrogens is 3. The minimum absolute atomic E-state index is 0.117. The monoisotopic (exact) mass is 370 g/mol. The van der Waals surface area contributed by atoms with E-state index in [1.807, 2.05) is 35.0 Å². The Hall–Kier alpha value is -2.71. The van der Waals surface area contributed by atoms with Crippen LogP contribution in [0.4, 0.5) is 5.13 Å². The van der Waals surface area contributed by atoms with Gasteiger partial charge >= 0.3 is 0 Å². The zero-order chi connectivity index (χ0) is 17.3. The number of imidazole rings is 1. The second-order valence-electron chi connectivity index (χ2n) is 5.34. The van der Waals surface area contributed by atoms with E-state index in [9.17, 15) is 8.42 Å². The third-order valence-electron chi connectivity index (χ3n) is 3.68. The molecule has 6 nitrogen and oxygen atoms in total. The molecule has 126 valence electrons. The van der Waals surface area contributed by atoms with Gasteiger partial charge in [-0.2, -0.15) is 0 Å². The molecule has 0 bridgehead atoms. The van der Waals surface area contributed by atoms with Gasteiger partial charge in [0.15, 0.2) is 5.13 Å². The molecular weight excluding hydrogens is 356 g/mol. The van der Waals surface area contributed by atoms with Crippen molar-refractivity contribution in [3.63, 3.8) is 0 Å². The maximum absolute atomic E-state index is 13.1. The second-order valence-corrected chi connectivity index (χ2v) is 8.07. The standard InChI is InChI=1S/C17H14N4O2S2/c22-25(23,15-6-2-1-3-7-15)21(17-18-9-11-24-17)13-14-12-20-10-5-4-8-16(20)19-14/h1-12H,13H2. The van der Waals surface area contributed by atoms with Crippen molar-refractivity contribution >= 4 is 32.1 Å². The van der Waals surface area contributed by atoms with Gasteiger partial charge in [0.2, 0.25) is 0 Å². The molecule has 0 atom stereocenters. The number of benzene rings is 1. The van der Waals surface area contributed by atoms with Crippen LogP contribution in [0.1, 0.15) is 5.69 Å². The van der Waals surface area contributed by atoms with Crippen LogP contribution in [-0.2, 0) is 16.6 Å². The highest BCUT2D eigenvalue weighted by Crippen LogP contribution is 2.27. The lowest BCUT2D eigenvalue weighted by Gasteiger charge is -2.20. The fraction of sp³-hybridized carbons (Fsp3) is 0.0588. The number of hydrogen-bond acceptors (Lipinski definition) is 5. The Labute approximate surface area is 149 Å². The molecule has 3 heterocycles. The molecule has 25 heavy (non-hydrogen) atoms. The van der Waals surface area contributed by atoms with Gasteiger partial charge in [-0.15, -0.1) is 11.3 Å². The zero-order valence-electron chi connectivity index (χ0n) is 13.1. The summed E-state index contributed by atoms with van der Waals surface area (Å²) in [6.45, 7) is 0.117. The summed E-state index contributed by atoms with van der Waals surface area (Å²) in [5, 5.41) is 2.17. The van der Waals surface area contributed by atoms with Gasteiger partial charge in [0.25, 0.3) is 10.0 Å². The van der Waals surface area contributed by atoms with Crippen LogP contribution in [0, 0.1) is 0 Å². The first-order valence-corrected chi connectivity index (χ1v) is 9.86. The average Bonchev–Trinajstić information content (AvgIpc) is 3.29. The smallest absolute Gasteiger partial charge is 0.266 e. The summed E-state index contributed by atoms with van der Waals surface area (Å²) in [6.07, 6.45) is 5.30. The first-order chi connectivity index (χ1) is 12.1. The van der Waals surface area contributed by atoms with Gasteiger partial charge in [-0.25, -0.2) is 22.7 Å². The molecule has 0 amide bonds. The predicted octanol–water partition coefficient (Wildman–Crippen LogP) is 3.19. The van der Waals surface area contributed by atoms with Crippen LogP contribution < -0.4 is 4.31 Å². The van der Waals surface area contributed by atoms with Crippen molar-refractivity contribution in [2.24, 2.45) is 0 Å². The maximum Gasteiger partial charge on any atom is 0.266 e. The molecule has 8 heteroatoms. The van der Waals surface area contributed by atoms with Gasteiger partial charge in [-0.05, 0) is 24.3 Å². The van der Waals surface area contributed by atoms with E-state index < -0.39 is 10.0 Å². The first-order valence-electron chi connectivity index (χ1n) is 7.54. The van der Waals surface area contributed by atoms with Crippen LogP contribution in [0.5, 0.6) is 0 Å². The summed E-state index contributed by atoms with van der Waals surface area (Å²) in [4.78, 5) is 8.92. The van der Waals surface area contributed by atoms with Crippen LogP contribution in [0.25, 0.3) is 5.65 Å². The topological polar surface area (TPSA) is 67.6 Å². The van der Waals surface area contributed by atoms with Crippen LogP contribution >= 0.6 is 11.3 Å². The van der Waals surface area contributed by atoms with Crippen molar-refractivity contribution in [3.8, 4) is 0 Å². The van der Waals surface area contributed by atoms with Crippen LogP contribution in [0.3, 0.4) is 0 Å². The van der Waals surface area contributed by atoms with Crippen LogP contribution in [0.2, 0.25) is 0 Å². The number of nitrogens with zero attached hydrogens (tertiary/aromatic N) is 4. The fourth-order valence-corrected chi connectivity index (χ4v) is 4.81. The fourth-order valence-electron chi connectivity index (χ4n) is 2.52. The molecule has 0 aliphatic carbocycles. The van der Waals surface area contributed by atoms with Crippen LogP contribution in [0.15, 0.2) is 77.4 Å². The summed E-state index contributed by atoms with van der Waals surface area (Å²) in [5.74, 6) is 0. The van der Waals surface area contributed by atoms with Crippen molar-refractivity contribution in [2.45, 2.75) is 11.4 Å². The van der Waals surface area contributed by atoms with Gasteiger partial charge in [-0.1, -0.05) is 24.3 Å². The van der Waals surface area contributed by atoms with E-state index in [1.54, 1.807) is 41.9 Å². The lowest BCUT2D eigenvalue weighted by Crippen LogP contribution is -2.30. The number of rotatable bonds is 5. The third-order valence-corrected chi connectivity index (χ3v) is 6.34. The van der Waals surface area contributed by atoms with Crippen molar-refractivity contribution in [3.05, 3.63) is 78.2 Å². The maximum atomic E-state index is 13.1. The summed E-state index contributed by atoms with van der Waals surface area (Å²) in [7, 11) is -3.73. The van der Waals surface area contributed by atoms with E-state index in [-0.39, 0.29) is 11.4 Å². The molecule has 0 aliphatic heterocycles. The SMILES string of the molecule is O=S(=O)(c1ccccc1)N(Cc1cn2ccccc2n1)c1nccs1. The second kappa shape index (κ2) is 6.30. The zero-order valence-corrected chi connectivity index (χ0v) is 14.7. The molecule has 0 N–H and O–H groups in total. The Balaban J connectivity index is 1.77. The Bertz CT molecular complexity index is 1060. The van der Waals surface area contributed by atoms with Crippen molar-refractivity contribution in [1.82, 2.24) is 14.4 Å².